The minimum Gasteiger partial charge on any atom is -0.496 e. The molecule has 1 aliphatic heterocycles. The van der Waals surface area contributed by atoms with Crippen molar-refractivity contribution in [3.05, 3.63) is 54.1 Å². The lowest BCUT2D eigenvalue weighted by atomic mass is 9.73. The van der Waals surface area contributed by atoms with Crippen LogP contribution < -0.4 is 10.1 Å². The van der Waals surface area contributed by atoms with Crippen molar-refractivity contribution in [1.29, 1.82) is 0 Å². The van der Waals surface area contributed by atoms with Crippen molar-refractivity contribution >= 4 is 5.97 Å². The first-order valence-corrected chi connectivity index (χ1v) is 8.32. The van der Waals surface area contributed by atoms with Gasteiger partial charge >= 0.3 is 5.97 Å². The molecule has 2 N–H and O–H groups in total. The predicted octanol–water partition coefficient (Wildman–Crippen LogP) is 3.36. The number of nitrogens with one attached hydrogen (secondary N) is 1. The van der Waals surface area contributed by atoms with Crippen molar-refractivity contribution < 1.29 is 14.6 Å². The Balaban J connectivity index is 2.02. The van der Waals surface area contributed by atoms with Crippen LogP contribution >= 0.6 is 0 Å². The van der Waals surface area contributed by atoms with Crippen LogP contribution in [0, 0.1) is 5.41 Å². The molecule has 24 heavy (non-hydrogen) atoms. The molecular weight excluding hydrogens is 302 g/mol. The lowest BCUT2D eigenvalue weighted by Crippen LogP contribution is -2.43. The Morgan fingerprint density at radius 2 is 1.71 bits per heavy atom. The predicted molar refractivity (Wildman–Crippen MR) is 94.3 cm³/mol. The van der Waals surface area contributed by atoms with E-state index in [-0.39, 0.29) is 0 Å². The van der Waals surface area contributed by atoms with Gasteiger partial charge in [-0.2, -0.15) is 0 Å². The van der Waals surface area contributed by atoms with Crippen LogP contribution in [0.5, 0.6) is 5.75 Å². The summed E-state index contributed by atoms with van der Waals surface area (Å²) in [5.41, 5.74) is 2.43. The van der Waals surface area contributed by atoms with E-state index in [2.05, 4.69) is 5.32 Å². The highest BCUT2D eigenvalue weighted by Crippen LogP contribution is 2.38. The molecule has 0 aromatic heterocycles. The molecule has 0 atom stereocenters. The molecular formula is C20H23NO3. The number of benzene rings is 2. The molecule has 0 unspecified atom stereocenters. The van der Waals surface area contributed by atoms with E-state index >= 15 is 0 Å². The Morgan fingerprint density at radius 3 is 2.38 bits per heavy atom. The molecule has 0 spiro atoms. The topological polar surface area (TPSA) is 58.6 Å². The number of aliphatic carboxylic acids is 1. The van der Waals surface area contributed by atoms with E-state index in [0.29, 0.717) is 19.3 Å². The molecule has 126 valence electrons. The first-order valence-electron chi connectivity index (χ1n) is 8.32. The third kappa shape index (κ3) is 3.15. The third-order valence-corrected chi connectivity index (χ3v) is 4.96. The highest BCUT2D eigenvalue weighted by Gasteiger charge is 2.40. The van der Waals surface area contributed by atoms with Gasteiger partial charge in [-0.25, -0.2) is 0 Å². The summed E-state index contributed by atoms with van der Waals surface area (Å²) in [5.74, 6) is 0.110. The van der Waals surface area contributed by atoms with E-state index in [1.54, 1.807) is 7.11 Å². The number of rotatable bonds is 5. The Kier molecular flexibility index (Phi) is 4.86. The SMILES string of the molecule is COc1ccccc1-c1ccccc1CC1(C(=O)O)CCNCC1. The Labute approximate surface area is 142 Å². The molecule has 2 aromatic carbocycles. The average molecular weight is 325 g/mol. The van der Waals surface area contributed by atoms with Crippen LogP contribution in [0.1, 0.15) is 18.4 Å². The van der Waals surface area contributed by atoms with Gasteiger partial charge in [-0.3, -0.25) is 4.79 Å². The summed E-state index contributed by atoms with van der Waals surface area (Å²) in [6.07, 6.45) is 1.85. The van der Waals surface area contributed by atoms with Crippen molar-refractivity contribution in [1.82, 2.24) is 5.32 Å². The summed E-state index contributed by atoms with van der Waals surface area (Å²) in [7, 11) is 1.66. The fourth-order valence-corrected chi connectivity index (χ4v) is 3.54. The number of carboxylic acids is 1. The molecule has 0 bridgehead atoms. The molecule has 1 fully saturated rings. The van der Waals surface area contributed by atoms with E-state index in [4.69, 9.17) is 4.74 Å². The number of carboxylic acid groups (broad SMARTS) is 1. The van der Waals surface area contributed by atoms with Crippen LogP contribution in [0.15, 0.2) is 48.5 Å². The Hall–Kier alpha value is -2.33. The number of ether oxygens (including phenoxy) is 1. The van der Waals surface area contributed by atoms with Crippen LogP contribution in [0.3, 0.4) is 0 Å². The molecule has 2 aromatic rings. The largest absolute Gasteiger partial charge is 0.496 e. The number of hydrogen-bond donors (Lipinski definition) is 2. The summed E-state index contributed by atoms with van der Waals surface area (Å²) in [5, 5.41) is 13.1. The van der Waals surface area contributed by atoms with Crippen LogP contribution in [-0.4, -0.2) is 31.3 Å². The van der Waals surface area contributed by atoms with Crippen molar-refractivity contribution in [3.63, 3.8) is 0 Å². The molecule has 4 heteroatoms. The first kappa shape index (κ1) is 16.5. The van der Waals surface area contributed by atoms with Gasteiger partial charge in [-0.15, -0.1) is 0 Å². The van der Waals surface area contributed by atoms with E-state index in [9.17, 15) is 9.90 Å². The fourth-order valence-electron chi connectivity index (χ4n) is 3.54. The van der Waals surface area contributed by atoms with Gasteiger partial charge in [0.2, 0.25) is 0 Å². The van der Waals surface area contributed by atoms with Gasteiger partial charge in [0.05, 0.1) is 12.5 Å². The van der Waals surface area contributed by atoms with Gasteiger partial charge < -0.3 is 15.2 Å². The number of carbonyl (C=O) groups is 1. The quantitative estimate of drug-likeness (QED) is 0.885. The van der Waals surface area contributed by atoms with E-state index in [0.717, 1.165) is 35.5 Å². The van der Waals surface area contributed by atoms with Gasteiger partial charge in [-0.05, 0) is 49.5 Å². The van der Waals surface area contributed by atoms with Crippen molar-refractivity contribution in [2.75, 3.05) is 20.2 Å². The number of methoxy groups -OCH3 is 1. The average Bonchev–Trinajstić information content (AvgIpc) is 2.63. The highest BCUT2D eigenvalue weighted by atomic mass is 16.5. The third-order valence-electron chi connectivity index (χ3n) is 4.96. The standard InChI is InChI=1S/C20H23NO3/c1-24-18-9-5-4-8-17(18)16-7-3-2-6-15(16)14-20(19(22)23)10-12-21-13-11-20/h2-9,21H,10-14H2,1H3,(H,22,23). The maximum Gasteiger partial charge on any atom is 0.310 e. The first-order chi connectivity index (χ1) is 11.7. The molecule has 0 saturated carbocycles. The monoisotopic (exact) mass is 325 g/mol. The Bertz CT molecular complexity index is 720. The lowest BCUT2D eigenvalue weighted by Gasteiger charge is -2.34. The second kappa shape index (κ2) is 7.05. The molecule has 1 saturated heterocycles. The maximum atomic E-state index is 12.0. The van der Waals surface area contributed by atoms with Crippen LogP contribution in [0.2, 0.25) is 0 Å². The van der Waals surface area contributed by atoms with Gasteiger partial charge in [0.15, 0.2) is 0 Å². The molecule has 3 rings (SSSR count). The zero-order valence-electron chi connectivity index (χ0n) is 13.9. The number of hydrogen-bond acceptors (Lipinski definition) is 3. The van der Waals surface area contributed by atoms with Gasteiger partial charge in [0.25, 0.3) is 0 Å². The van der Waals surface area contributed by atoms with Gasteiger partial charge in [-0.1, -0.05) is 42.5 Å². The highest BCUT2D eigenvalue weighted by molar-refractivity contribution is 5.78. The summed E-state index contributed by atoms with van der Waals surface area (Å²) in [4.78, 5) is 12.0. The minimum atomic E-state index is -0.696. The van der Waals surface area contributed by atoms with E-state index in [1.165, 1.54) is 0 Å². The molecule has 0 radical (unpaired) electrons. The zero-order valence-corrected chi connectivity index (χ0v) is 13.9. The summed E-state index contributed by atoms with van der Waals surface area (Å²) >= 11 is 0. The molecule has 0 amide bonds. The number of para-hydroxylation sites is 1. The van der Waals surface area contributed by atoms with Crippen LogP contribution in [0.25, 0.3) is 11.1 Å². The van der Waals surface area contributed by atoms with Crippen LogP contribution in [0.4, 0.5) is 0 Å². The smallest absolute Gasteiger partial charge is 0.310 e. The summed E-state index contributed by atoms with van der Waals surface area (Å²) in [6.45, 7) is 1.51. The molecule has 4 nitrogen and oxygen atoms in total. The molecule has 1 aliphatic rings. The van der Waals surface area contributed by atoms with Crippen molar-refractivity contribution in [2.24, 2.45) is 5.41 Å². The van der Waals surface area contributed by atoms with Crippen molar-refractivity contribution in [3.8, 4) is 16.9 Å². The fraction of sp³-hybridized carbons (Fsp3) is 0.350. The molecule has 0 aliphatic carbocycles. The molecule has 1 heterocycles. The maximum absolute atomic E-state index is 12.0. The van der Waals surface area contributed by atoms with Gasteiger partial charge in [0.1, 0.15) is 5.75 Å². The van der Waals surface area contributed by atoms with Crippen LogP contribution in [-0.2, 0) is 11.2 Å². The second-order valence-corrected chi connectivity index (χ2v) is 6.37. The van der Waals surface area contributed by atoms with E-state index in [1.807, 2.05) is 48.5 Å². The normalized spacial score (nSPS) is 16.5. The zero-order chi connectivity index (χ0) is 17.0. The second-order valence-electron chi connectivity index (χ2n) is 6.37. The van der Waals surface area contributed by atoms with Crippen molar-refractivity contribution in [2.45, 2.75) is 19.3 Å². The van der Waals surface area contributed by atoms with Gasteiger partial charge in [0, 0.05) is 5.56 Å². The lowest BCUT2D eigenvalue weighted by molar-refractivity contribution is -0.150. The minimum absolute atomic E-state index is 0.540. The Morgan fingerprint density at radius 1 is 1.08 bits per heavy atom. The number of piperidine rings is 1. The summed E-state index contributed by atoms with van der Waals surface area (Å²) in [6, 6.07) is 15.9. The van der Waals surface area contributed by atoms with E-state index < -0.39 is 11.4 Å². The summed E-state index contributed by atoms with van der Waals surface area (Å²) < 4.78 is 5.49.